The van der Waals surface area contributed by atoms with Gasteiger partial charge in [0.15, 0.2) is 5.78 Å². The largest absolute Gasteiger partial charge is 0.308 e. The van der Waals surface area contributed by atoms with E-state index in [0.717, 1.165) is 44.9 Å². The molecule has 0 aliphatic heterocycles. The molecule has 4 saturated carbocycles. The van der Waals surface area contributed by atoms with Gasteiger partial charge in [-0.3, -0.25) is 9.59 Å². The van der Waals surface area contributed by atoms with Gasteiger partial charge in [-0.2, -0.15) is 0 Å². The second-order valence-electron chi connectivity index (χ2n) is 14.7. The third kappa shape index (κ3) is 3.07. The Balaban J connectivity index is 1.63. The van der Waals surface area contributed by atoms with Gasteiger partial charge in [0.1, 0.15) is 11.6 Å². The van der Waals surface area contributed by atoms with E-state index in [-0.39, 0.29) is 68.1 Å². The van der Waals surface area contributed by atoms with E-state index in [4.69, 9.17) is 6.57 Å². The van der Waals surface area contributed by atoms with Gasteiger partial charge in [-0.15, -0.1) is 0 Å². The van der Waals surface area contributed by atoms with Crippen LogP contribution in [0.15, 0.2) is 11.8 Å². The van der Waals surface area contributed by atoms with Crippen LogP contribution in [0.2, 0.25) is 0 Å². The smallest absolute Gasteiger partial charge is 0.226 e. The van der Waals surface area contributed by atoms with Crippen molar-refractivity contribution in [1.82, 2.24) is 0 Å². The summed E-state index contributed by atoms with van der Waals surface area (Å²) >= 11 is 0. The van der Waals surface area contributed by atoms with Crippen molar-refractivity contribution in [3.05, 3.63) is 23.2 Å². The van der Waals surface area contributed by atoms with Crippen molar-refractivity contribution in [2.24, 2.45) is 56.7 Å². The van der Waals surface area contributed by atoms with Crippen molar-refractivity contribution in [2.45, 2.75) is 106 Å². The van der Waals surface area contributed by atoms with E-state index in [1.165, 1.54) is 0 Å². The Bertz CT molecular complexity index is 1100. The van der Waals surface area contributed by atoms with Crippen LogP contribution in [0.3, 0.4) is 0 Å². The number of allylic oxidation sites excluding steroid dienone is 2. The summed E-state index contributed by atoms with van der Waals surface area (Å²) in [7, 11) is 0. The minimum Gasteiger partial charge on any atom is -0.308 e. The van der Waals surface area contributed by atoms with Crippen LogP contribution in [0.1, 0.15) is 106 Å². The maximum atomic E-state index is 14.4. The number of Topliss-reactive ketones (excluding diaryl/α,β-unsaturated/α-hetero) is 3. The third-order valence-electron chi connectivity index (χ3n) is 13.0. The molecule has 5 rings (SSSR count). The molecule has 0 aromatic rings. The van der Waals surface area contributed by atoms with Gasteiger partial charge < -0.3 is 4.79 Å². The number of ketones is 3. The van der Waals surface area contributed by atoms with Gasteiger partial charge in [0.05, 0.1) is 6.57 Å². The average molecular weight is 492 g/mol. The average Bonchev–Trinajstić information content (AvgIpc) is 2.82. The van der Waals surface area contributed by atoms with E-state index in [2.05, 4.69) is 39.5 Å². The molecule has 0 bridgehead atoms. The van der Waals surface area contributed by atoms with Crippen LogP contribution in [0.4, 0.5) is 0 Å². The topological polar surface area (TPSA) is 55.6 Å². The highest BCUT2D eigenvalue weighted by Gasteiger charge is 2.71. The first-order valence-corrected chi connectivity index (χ1v) is 14.4. The van der Waals surface area contributed by atoms with E-state index < -0.39 is 0 Å². The normalized spacial score (nSPS) is 49.5. The van der Waals surface area contributed by atoms with Crippen LogP contribution >= 0.6 is 0 Å². The number of carbonyl (C=O) groups is 3. The number of fused-ring (bicyclic) bond motifs is 7. The lowest BCUT2D eigenvalue weighted by Gasteiger charge is -2.71. The molecular formula is C32H45NO3. The van der Waals surface area contributed by atoms with E-state index in [0.29, 0.717) is 24.4 Å². The maximum absolute atomic E-state index is 14.4. The molecule has 0 aromatic heterocycles. The van der Waals surface area contributed by atoms with Crippen molar-refractivity contribution in [3.8, 4) is 0 Å². The fourth-order valence-electron chi connectivity index (χ4n) is 10.7. The minimum absolute atomic E-state index is 0.0210. The maximum Gasteiger partial charge on any atom is 0.226 e. The second-order valence-corrected chi connectivity index (χ2v) is 14.7. The summed E-state index contributed by atoms with van der Waals surface area (Å²) in [6.07, 6.45) is 9.79. The van der Waals surface area contributed by atoms with E-state index >= 15 is 0 Å². The van der Waals surface area contributed by atoms with Gasteiger partial charge in [-0.25, -0.2) is 4.85 Å². The zero-order chi connectivity index (χ0) is 26.5. The molecule has 0 saturated heterocycles. The fourth-order valence-corrected chi connectivity index (χ4v) is 10.7. The molecule has 4 heteroatoms. The van der Waals surface area contributed by atoms with Gasteiger partial charge in [0.25, 0.3) is 0 Å². The SMILES string of the molecule is [C-]#[N+]C1=C[C@]2(C)[C@H]3CC(=O)[C@@H]4[C@@H]5CC(C)(C)CC[C@]5(C(=O)CC)CC[C@@]4(C)[C@]3(C)CC[C@H]2[C@H](C)C1=O. The molecule has 0 unspecified atom stereocenters. The molecular weight excluding hydrogens is 446 g/mol. The van der Waals surface area contributed by atoms with Gasteiger partial charge >= 0.3 is 0 Å². The number of carbonyl (C=O) groups excluding carboxylic acids is 3. The molecule has 4 nitrogen and oxygen atoms in total. The van der Waals surface area contributed by atoms with Crippen LogP contribution < -0.4 is 0 Å². The molecule has 5 aliphatic rings. The summed E-state index contributed by atoms with van der Waals surface area (Å²) in [5.41, 5.74) is -0.484. The molecule has 0 N–H and O–H groups in total. The highest BCUT2D eigenvalue weighted by molar-refractivity contribution is 6.00. The monoisotopic (exact) mass is 491 g/mol. The Morgan fingerprint density at radius 3 is 2.31 bits per heavy atom. The molecule has 0 heterocycles. The summed E-state index contributed by atoms with van der Waals surface area (Å²) in [5, 5.41) is 0. The molecule has 196 valence electrons. The lowest BCUT2D eigenvalue weighted by atomic mass is 9.32. The Morgan fingerprint density at radius 1 is 1.00 bits per heavy atom. The van der Waals surface area contributed by atoms with E-state index in [9.17, 15) is 14.4 Å². The highest BCUT2D eigenvalue weighted by atomic mass is 16.1. The highest BCUT2D eigenvalue weighted by Crippen LogP contribution is 2.75. The number of rotatable bonds is 2. The van der Waals surface area contributed by atoms with Crippen LogP contribution in [-0.2, 0) is 14.4 Å². The standard InChI is InChI=1S/C32H45NO3/c1-9-25(35)32-14-12-28(3,4)17-21(32)26-23(34)16-24-29(5)18-22(33-8)27(36)19(2)20(29)10-11-30(24,6)31(26,7)13-15-32/h18-21,24,26H,9-17H2,1-7H3/t19-,20-,21-,24+,26-,29-,30+,31+,32-/m0/s1. The number of nitrogens with zero attached hydrogens (tertiary/aromatic N) is 1. The van der Waals surface area contributed by atoms with Crippen LogP contribution in [0, 0.1) is 63.2 Å². The molecule has 5 aliphatic carbocycles. The molecule has 0 aromatic carbocycles. The van der Waals surface area contributed by atoms with Crippen molar-refractivity contribution in [3.63, 3.8) is 0 Å². The van der Waals surface area contributed by atoms with Crippen LogP contribution in [0.25, 0.3) is 4.85 Å². The third-order valence-corrected chi connectivity index (χ3v) is 13.0. The fraction of sp³-hybridized carbons (Fsp3) is 0.812. The number of hydrogen-bond acceptors (Lipinski definition) is 3. The minimum atomic E-state index is -0.336. The Morgan fingerprint density at radius 2 is 1.67 bits per heavy atom. The summed E-state index contributed by atoms with van der Waals surface area (Å²) in [6.45, 7) is 23.3. The predicted molar refractivity (Wildman–Crippen MR) is 141 cm³/mol. The molecule has 9 atom stereocenters. The van der Waals surface area contributed by atoms with E-state index in [1.807, 2.05) is 19.9 Å². The molecule has 4 fully saturated rings. The van der Waals surface area contributed by atoms with Crippen molar-refractivity contribution in [1.29, 1.82) is 0 Å². The first-order valence-electron chi connectivity index (χ1n) is 14.4. The first kappa shape index (κ1) is 25.9. The lowest BCUT2D eigenvalue weighted by Crippen LogP contribution is -2.68. The van der Waals surface area contributed by atoms with E-state index in [1.54, 1.807) is 0 Å². The summed E-state index contributed by atoms with van der Waals surface area (Å²) in [6, 6.07) is 0. The van der Waals surface area contributed by atoms with Gasteiger partial charge in [-0.05, 0) is 84.4 Å². The van der Waals surface area contributed by atoms with Gasteiger partial charge in [-0.1, -0.05) is 54.5 Å². The van der Waals surface area contributed by atoms with Crippen LogP contribution in [0.5, 0.6) is 0 Å². The zero-order valence-electron chi connectivity index (χ0n) is 23.5. The Kier molecular flexibility index (Phi) is 5.66. The van der Waals surface area contributed by atoms with Crippen LogP contribution in [-0.4, -0.2) is 17.3 Å². The van der Waals surface area contributed by atoms with Gasteiger partial charge in [0, 0.05) is 30.1 Å². The predicted octanol–water partition coefficient (Wildman–Crippen LogP) is 7.23. The van der Waals surface area contributed by atoms with Crippen molar-refractivity contribution >= 4 is 17.3 Å². The molecule has 0 radical (unpaired) electrons. The first-order chi connectivity index (χ1) is 16.7. The molecule has 0 amide bonds. The van der Waals surface area contributed by atoms with Crippen molar-refractivity contribution in [2.75, 3.05) is 0 Å². The molecule has 36 heavy (non-hydrogen) atoms. The zero-order valence-corrected chi connectivity index (χ0v) is 23.5. The second kappa shape index (κ2) is 7.87. The Labute approximate surface area is 217 Å². The van der Waals surface area contributed by atoms with Crippen molar-refractivity contribution < 1.29 is 14.4 Å². The summed E-state index contributed by atoms with van der Waals surface area (Å²) in [5.74, 6) is 0.890. The number of hydrogen-bond donors (Lipinski definition) is 0. The Hall–Kier alpha value is -1.76. The summed E-state index contributed by atoms with van der Waals surface area (Å²) in [4.78, 5) is 44.5. The summed E-state index contributed by atoms with van der Waals surface area (Å²) < 4.78 is 0. The quantitative estimate of drug-likeness (QED) is 0.383. The van der Waals surface area contributed by atoms with Gasteiger partial charge in [0.2, 0.25) is 5.70 Å². The lowest BCUT2D eigenvalue weighted by molar-refractivity contribution is -0.218. The molecule has 0 spiro atoms.